The van der Waals surface area contributed by atoms with Crippen LogP contribution in [0.25, 0.3) is 12.2 Å². The number of rotatable bonds is 1. The molecule has 0 saturated carbocycles. The molecule has 0 saturated heterocycles. The predicted octanol–water partition coefficient (Wildman–Crippen LogP) is -2.09. The summed E-state index contributed by atoms with van der Waals surface area (Å²) in [4.78, 5) is 25.8. The topological polar surface area (TPSA) is 117 Å². The zero-order valence-corrected chi connectivity index (χ0v) is 8.71. The Morgan fingerprint density at radius 2 is 2.41 bits per heavy atom. The van der Waals surface area contributed by atoms with Crippen molar-refractivity contribution in [3.05, 3.63) is 15.9 Å². The number of aliphatic hydroxyl groups is 1. The molecule has 0 bridgehead atoms. The van der Waals surface area contributed by atoms with Crippen LogP contribution in [0.3, 0.4) is 0 Å². The Bertz CT molecular complexity index is 603. The number of ketones is 1. The van der Waals surface area contributed by atoms with Gasteiger partial charge in [0.2, 0.25) is 5.95 Å². The number of aromatic nitrogens is 2. The van der Waals surface area contributed by atoms with Gasteiger partial charge in [0, 0.05) is 6.08 Å². The number of hydrogen-bond donors (Lipinski definition) is 2. The fraction of sp³-hybridized carbons (Fsp3) is 0.222. The predicted molar refractivity (Wildman–Crippen MR) is 56.2 cm³/mol. The van der Waals surface area contributed by atoms with Crippen molar-refractivity contribution >= 4 is 30.0 Å². The highest BCUT2D eigenvalue weighted by molar-refractivity contribution is 6.12. The minimum Gasteiger partial charge on any atom is -0.803 e. The second-order valence-corrected chi connectivity index (χ2v) is 3.28. The second-order valence-electron chi connectivity index (χ2n) is 3.28. The van der Waals surface area contributed by atoms with Crippen LogP contribution in [0.1, 0.15) is 0 Å². The fourth-order valence-electron chi connectivity index (χ4n) is 1.36. The fourth-order valence-corrected chi connectivity index (χ4v) is 1.36. The number of hydrogen-bond acceptors (Lipinski definition) is 6. The monoisotopic (exact) mass is 238 g/mol. The highest BCUT2D eigenvalue weighted by Crippen LogP contribution is 1.99. The number of imidazole rings is 1. The molecule has 1 aromatic heterocycles. The first kappa shape index (κ1) is 11.1. The lowest BCUT2D eigenvalue weighted by atomic mass is 10.1. The Hall–Kier alpha value is -2.35. The average Bonchev–Trinajstić information content (AvgIpc) is 2.57. The molecule has 1 unspecified atom stereocenters. The summed E-state index contributed by atoms with van der Waals surface area (Å²) in [6.07, 6.45) is -0.0588. The molecular formula is C9H8N3O5-. The first-order valence-corrected chi connectivity index (χ1v) is 4.59. The summed E-state index contributed by atoms with van der Waals surface area (Å²) in [5.74, 6) is -0.921. The minimum atomic E-state index is -1.32. The Kier molecular flexibility index (Phi) is 2.56. The number of carbonyl (C=O) groups excluding carboxylic acids is 2. The van der Waals surface area contributed by atoms with E-state index in [-0.39, 0.29) is 21.4 Å². The molecule has 8 nitrogen and oxygen atoms in total. The number of fused-ring (bicyclic) bond motifs is 1. The highest BCUT2D eigenvalue weighted by Gasteiger charge is 2.16. The standard InChI is InChI=1S/C9H8N3O5/c1-17-9(15)11-8-10-4-2-6(13)7(14)3-5(4)12(8)16/h2-3,6,13H,1H3,(H,10,11,15)/q-1. The van der Waals surface area contributed by atoms with Crippen molar-refractivity contribution in [2.75, 3.05) is 12.4 Å². The number of amides is 1. The third-order valence-electron chi connectivity index (χ3n) is 2.19. The second kappa shape index (κ2) is 3.91. The molecule has 8 heteroatoms. The number of methoxy groups -OCH3 is 1. The third-order valence-corrected chi connectivity index (χ3v) is 2.19. The summed E-state index contributed by atoms with van der Waals surface area (Å²) in [6, 6.07) is 0. The van der Waals surface area contributed by atoms with E-state index >= 15 is 0 Å². The summed E-state index contributed by atoms with van der Waals surface area (Å²) in [6.45, 7) is 0. The number of anilines is 1. The van der Waals surface area contributed by atoms with Crippen LogP contribution in [0.2, 0.25) is 0 Å². The van der Waals surface area contributed by atoms with Gasteiger partial charge in [0.15, 0.2) is 5.78 Å². The van der Waals surface area contributed by atoms with E-state index in [9.17, 15) is 19.9 Å². The van der Waals surface area contributed by atoms with E-state index < -0.39 is 18.0 Å². The van der Waals surface area contributed by atoms with Crippen LogP contribution in [-0.2, 0) is 9.53 Å². The van der Waals surface area contributed by atoms with E-state index in [4.69, 9.17) is 0 Å². The van der Waals surface area contributed by atoms with Crippen LogP contribution in [0.4, 0.5) is 10.7 Å². The van der Waals surface area contributed by atoms with E-state index in [1.807, 2.05) is 0 Å². The lowest BCUT2D eigenvalue weighted by molar-refractivity contribution is -0.118. The van der Waals surface area contributed by atoms with Gasteiger partial charge < -0.3 is 19.8 Å². The van der Waals surface area contributed by atoms with Crippen molar-refractivity contribution in [3.63, 3.8) is 0 Å². The van der Waals surface area contributed by atoms with Crippen LogP contribution in [0.5, 0.6) is 0 Å². The molecule has 1 heterocycles. The zero-order chi connectivity index (χ0) is 12.6. The van der Waals surface area contributed by atoms with Gasteiger partial charge in [-0.15, -0.1) is 0 Å². The largest absolute Gasteiger partial charge is 0.803 e. The van der Waals surface area contributed by atoms with Crippen LogP contribution >= 0.6 is 0 Å². The van der Waals surface area contributed by atoms with Gasteiger partial charge in [0.05, 0.1) is 17.8 Å². The van der Waals surface area contributed by atoms with Gasteiger partial charge in [-0.05, 0) is 6.08 Å². The van der Waals surface area contributed by atoms with Gasteiger partial charge in [-0.25, -0.2) is 9.78 Å². The van der Waals surface area contributed by atoms with E-state index in [2.05, 4.69) is 15.0 Å². The first-order chi connectivity index (χ1) is 8.02. The van der Waals surface area contributed by atoms with Crippen LogP contribution in [0, 0.1) is 5.21 Å². The van der Waals surface area contributed by atoms with Crippen LogP contribution in [0.15, 0.2) is 0 Å². The lowest BCUT2D eigenvalue weighted by Gasteiger charge is -2.11. The average molecular weight is 238 g/mol. The molecule has 1 aromatic rings. The van der Waals surface area contributed by atoms with Crippen molar-refractivity contribution in [1.82, 2.24) is 9.71 Å². The van der Waals surface area contributed by atoms with Gasteiger partial charge in [-0.2, -0.15) is 0 Å². The summed E-state index contributed by atoms with van der Waals surface area (Å²) >= 11 is 0. The minimum absolute atomic E-state index is 0.0216. The summed E-state index contributed by atoms with van der Waals surface area (Å²) < 4.78 is 4.59. The number of Topliss-reactive ketones (excluding diaryl/α,β-unsaturated/α-hetero) is 1. The Labute approximate surface area is 94.4 Å². The molecule has 1 aliphatic rings. The maximum Gasteiger partial charge on any atom is 0.413 e. The van der Waals surface area contributed by atoms with Crippen molar-refractivity contribution < 1.29 is 19.4 Å². The molecule has 17 heavy (non-hydrogen) atoms. The molecule has 0 aromatic carbocycles. The van der Waals surface area contributed by atoms with Crippen LogP contribution < -0.4 is 16.0 Å². The zero-order valence-electron chi connectivity index (χ0n) is 8.71. The number of nitrogens with zero attached hydrogens (tertiary/aromatic N) is 2. The van der Waals surface area contributed by atoms with Gasteiger partial charge in [-0.3, -0.25) is 10.1 Å². The number of aliphatic hydroxyl groups excluding tert-OH is 1. The number of ether oxygens (including phenoxy) is 1. The third kappa shape index (κ3) is 1.85. The van der Waals surface area contributed by atoms with E-state index in [1.165, 1.54) is 0 Å². The highest BCUT2D eigenvalue weighted by atomic mass is 16.5. The Morgan fingerprint density at radius 1 is 1.71 bits per heavy atom. The summed E-state index contributed by atoms with van der Waals surface area (Å²) in [5.41, 5.74) is 0. The molecule has 2 N–H and O–H groups in total. The Balaban J connectivity index is 2.52. The molecule has 1 aliphatic carbocycles. The maximum atomic E-state index is 11.6. The van der Waals surface area contributed by atoms with Crippen LogP contribution in [-0.4, -0.2) is 39.9 Å². The van der Waals surface area contributed by atoms with Crippen molar-refractivity contribution in [3.8, 4) is 0 Å². The molecule has 90 valence electrons. The summed E-state index contributed by atoms with van der Waals surface area (Å²) in [7, 11) is 1.14. The molecule has 0 aliphatic heterocycles. The Morgan fingerprint density at radius 3 is 3.06 bits per heavy atom. The van der Waals surface area contributed by atoms with E-state index in [0.717, 1.165) is 19.3 Å². The molecule has 0 radical (unpaired) electrons. The molecular weight excluding hydrogens is 230 g/mol. The smallest absolute Gasteiger partial charge is 0.413 e. The molecule has 1 atom stereocenters. The lowest BCUT2D eigenvalue weighted by Crippen LogP contribution is -2.37. The van der Waals surface area contributed by atoms with Gasteiger partial charge in [-0.1, -0.05) is 0 Å². The van der Waals surface area contributed by atoms with Crippen molar-refractivity contribution in [2.24, 2.45) is 0 Å². The molecule has 2 rings (SSSR count). The van der Waals surface area contributed by atoms with E-state index in [1.54, 1.807) is 0 Å². The normalized spacial score (nSPS) is 17.8. The molecule has 0 fully saturated rings. The quantitative estimate of drug-likeness (QED) is 0.579. The molecule has 0 spiro atoms. The van der Waals surface area contributed by atoms with E-state index in [0.29, 0.717) is 0 Å². The first-order valence-electron chi connectivity index (χ1n) is 4.59. The molecule has 1 amide bonds. The van der Waals surface area contributed by atoms with Gasteiger partial charge >= 0.3 is 6.09 Å². The summed E-state index contributed by atoms with van der Waals surface area (Å²) in [5, 5.41) is 23.1. The maximum absolute atomic E-state index is 11.6. The SMILES string of the molecule is COC(=O)Nc1nc2c(n1[O-])=CC(=O)C(O)C=2. The number of nitrogens with one attached hydrogen (secondary N) is 1. The van der Waals surface area contributed by atoms with Gasteiger partial charge in [0.25, 0.3) is 0 Å². The van der Waals surface area contributed by atoms with Gasteiger partial charge in [0.1, 0.15) is 6.10 Å². The number of carbonyl (C=O) groups is 2. The van der Waals surface area contributed by atoms with Crippen molar-refractivity contribution in [1.29, 1.82) is 0 Å². The van der Waals surface area contributed by atoms with Crippen molar-refractivity contribution in [2.45, 2.75) is 6.10 Å².